The van der Waals surface area contributed by atoms with Gasteiger partial charge in [0.1, 0.15) is 11.6 Å². The van der Waals surface area contributed by atoms with Crippen molar-refractivity contribution in [3.8, 4) is 0 Å². The second kappa shape index (κ2) is 12.3. The summed E-state index contributed by atoms with van der Waals surface area (Å²) >= 11 is 0. The molecule has 32 heavy (non-hydrogen) atoms. The maximum Gasteiger partial charge on any atom is 0.221 e. The molecule has 0 aliphatic carbocycles. The molecule has 0 aliphatic heterocycles. The van der Waals surface area contributed by atoms with Crippen LogP contribution in [-0.4, -0.2) is 36.6 Å². The van der Waals surface area contributed by atoms with Crippen molar-refractivity contribution in [1.82, 2.24) is 10.6 Å². The summed E-state index contributed by atoms with van der Waals surface area (Å²) in [6.45, 7) is 2.66. The first kappa shape index (κ1) is 25.4. The van der Waals surface area contributed by atoms with E-state index in [-0.39, 0.29) is 24.9 Å². The molecule has 2 aromatic rings. The normalized spacial score (nSPS) is 13.9. The zero-order chi connectivity index (χ0) is 23.7. The van der Waals surface area contributed by atoms with Crippen LogP contribution in [0.4, 0.5) is 8.78 Å². The molecular weight excluding hydrogens is 416 g/mol. The number of aliphatic hydroxyl groups excluding tert-OH is 1. The minimum atomic E-state index is -1.09. The van der Waals surface area contributed by atoms with E-state index in [1.165, 1.54) is 12.6 Å². The van der Waals surface area contributed by atoms with Gasteiger partial charge in [-0.25, -0.2) is 8.78 Å². The fourth-order valence-electron chi connectivity index (χ4n) is 3.79. The highest BCUT2D eigenvalue weighted by molar-refractivity contribution is 5.85. The smallest absolute Gasteiger partial charge is 0.221 e. The number of nitrogens with two attached hydrogens (primary N) is 1. The van der Waals surface area contributed by atoms with Crippen LogP contribution in [0.15, 0.2) is 42.5 Å². The van der Waals surface area contributed by atoms with E-state index in [0.717, 1.165) is 30.2 Å². The minimum Gasteiger partial charge on any atom is -0.391 e. The third kappa shape index (κ3) is 7.69. The molecule has 0 radical (unpaired) electrons. The SMILES string of the molecule is CCc1cccc(CNC[C@H](O)[C@@H](Cc2cc(F)cc(F)c2)C(CC(=O)NC)C(N)=O)c1. The highest BCUT2D eigenvalue weighted by atomic mass is 19.1. The van der Waals surface area contributed by atoms with Crippen molar-refractivity contribution in [3.05, 3.63) is 70.8 Å². The molecule has 2 aromatic carbocycles. The number of primary amides is 1. The molecule has 0 heterocycles. The van der Waals surface area contributed by atoms with Crippen LogP contribution >= 0.6 is 0 Å². The number of nitrogens with one attached hydrogen (secondary N) is 2. The molecule has 8 heteroatoms. The largest absolute Gasteiger partial charge is 0.391 e. The summed E-state index contributed by atoms with van der Waals surface area (Å²) in [6, 6.07) is 11.0. The number of hydrogen-bond acceptors (Lipinski definition) is 4. The van der Waals surface area contributed by atoms with Gasteiger partial charge in [0.05, 0.1) is 12.0 Å². The van der Waals surface area contributed by atoms with Crippen molar-refractivity contribution in [2.75, 3.05) is 13.6 Å². The van der Waals surface area contributed by atoms with Gasteiger partial charge >= 0.3 is 0 Å². The summed E-state index contributed by atoms with van der Waals surface area (Å²) in [4.78, 5) is 24.1. The van der Waals surface area contributed by atoms with Crippen molar-refractivity contribution in [2.45, 2.75) is 38.8 Å². The number of amides is 2. The summed E-state index contributed by atoms with van der Waals surface area (Å²) in [5.41, 5.74) is 8.04. The third-order valence-corrected chi connectivity index (χ3v) is 5.54. The summed E-state index contributed by atoms with van der Waals surface area (Å²) in [5.74, 6) is -4.53. The average molecular weight is 448 g/mol. The predicted octanol–water partition coefficient (Wildman–Crippen LogP) is 2.07. The van der Waals surface area contributed by atoms with Gasteiger partial charge in [0, 0.05) is 38.5 Å². The lowest BCUT2D eigenvalue weighted by atomic mass is 9.80. The lowest BCUT2D eigenvalue weighted by Crippen LogP contribution is -2.44. The quantitative estimate of drug-likeness (QED) is 0.400. The molecule has 5 N–H and O–H groups in total. The zero-order valence-corrected chi connectivity index (χ0v) is 18.4. The third-order valence-electron chi connectivity index (χ3n) is 5.54. The van der Waals surface area contributed by atoms with Crippen molar-refractivity contribution in [1.29, 1.82) is 0 Å². The maximum absolute atomic E-state index is 13.7. The van der Waals surface area contributed by atoms with E-state index in [4.69, 9.17) is 5.73 Å². The Balaban J connectivity index is 2.18. The van der Waals surface area contributed by atoms with E-state index in [2.05, 4.69) is 23.6 Å². The Morgan fingerprint density at radius 3 is 2.31 bits per heavy atom. The van der Waals surface area contributed by atoms with Crippen LogP contribution in [0.3, 0.4) is 0 Å². The van der Waals surface area contributed by atoms with E-state index in [1.807, 2.05) is 18.2 Å². The van der Waals surface area contributed by atoms with Crippen molar-refractivity contribution in [3.63, 3.8) is 0 Å². The lowest BCUT2D eigenvalue weighted by molar-refractivity contribution is -0.131. The Hall–Kier alpha value is -2.84. The molecule has 2 amide bonds. The van der Waals surface area contributed by atoms with Gasteiger partial charge < -0.3 is 21.5 Å². The number of benzene rings is 2. The van der Waals surface area contributed by atoms with E-state index in [1.54, 1.807) is 0 Å². The highest BCUT2D eigenvalue weighted by Gasteiger charge is 2.34. The summed E-state index contributed by atoms with van der Waals surface area (Å²) < 4.78 is 27.4. The van der Waals surface area contributed by atoms with Crippen molar-refractivity contribution in [2.24, 2.45) is 17.6 Å². The molecule has 6 nitrogen and oxygen atoms in total. The van der Waals surface area contributed by atoms with Crippen LogP contribution in [0.5, 0.6) is 0 Å². The van der Waals surface area contributed by atoms with Gasteiger partial charge in [-0.2, -0.15) is 0 Å². The van der Waals surface area contributed by atoms with E-state index in [0.29, 0.717) is 6.54 Å². The van der Waals surface area contributed by atoms with Crippen molar-refractivity contribution >= 4 is 11.8 Å². The molecule has 0 saturated carbocycles. The van der Waals surface area contributed by atoms with Gasteiger partial charge in [0.2, 0.25) is 11.8 Å². The van der Waals surface area contributed by atoms with Crippen LogP contribution in [0.1, 0.15) is 30.0 Å². The molecule has 0 fully saturated rings. The van der Waals surface area contributed by atoms with Crippen LogP contribution in [0.25, 0.3) is 0 Å². The number of rotatable bonds is 12. The number of carbonyl (C=O) groups excluding carboxylic acids is 2. The van der Waals surface area contributed by atoms with Gasteiger partial charge in [-0.3, -0.25) is 9.59 Å². The standard InChI is InChI=1S/C24H31F2N3O3/c1-3-15-5-4-6-16(7-15)13-29-14-22(30)20(21(24(27)32)12-23(31)28-2)10-17-8-18(25)11-19(26)9-17/h4-9,11,20-22,29-30H,3,10,12-14H2,1-2H3,(H2,27,32)(H,28,31)/t20-,21?,22-/m0/s1. The molecule has 0 bridgehead atoms. The molecule has 0 spiro atoms. The Morgan fingerprint density at radius 1 is 1.06 bits per heavy atom. The molecule has 2 rings (SSSR count). The summed E-state index contributed by atoms with van der Waals surface area (Å²) in [6.07, 6.45) is -0.433. The predicted molar refractivity (Wildman–Crippen MR) is 118 cm³/mol. The number of hydrogen-bond donors (Lipinski definition) is 4. The monoisotopic (exact) mass is 447 g/mol. The second-order valence-electron chi connectivity index (χ2n) is 7.90. The first-order chi connectivity index (χ1) is 15.2. The van der Waals surface area contributed by atoms with Crippen LogP contribution < -0.4 is 16.4 Å². The lowest BCUT2D eigenvalue weighted by Gasteiger charge is -2.29. The Labute approximate surface area is 187 Å². The first-order valence-electron chi connectivity index (χ1n) is 10.6. The van der Waals surface area contributed by atoms with Crippen molar-refractivity contribution < 1.29 is 23.5 Å². The van der Waals surface area contributed by atoms with E-state index in [9.17, 15) is 23.5 Å². The van der Waals surface area contributed by atoms with E-state index < -0.39 is 41.4 Å². The zero-order valence-electron chi connectivity index (χ0n) is 18.4. The fraction of sp³-hybridized carbons (Fsp3) is 0.417. The Kier molecular flexibility index (Phi) is 9.74. The van der Waals surface area contributed by atoms with E-state index >= 15 is 0 Å². The van der Waals surface area contributed by atoms with Crippen LogP contribution in [0, 0.1) is 23.5 Å². The molecule has 3 atom stereocenters. The second-order valence-corrected chi connectivity index (χ2v) is 7.90. The molecule has 0 aromatic heterocycles. The number of aryl methyl sites for hydroxylation is 1. The first-order valence-corrected chi connectivity index (χ1v) is 10.6. The molecule has 1 unspecified atom stereocenters. The topological polar surface area (TPSA) is 104 Å². The molecular formula is C24H31F2N3O3. The average Bonchev–Trinajstić information content (AvgIpc) is 2.75. The fourth-order valence-corrected chi connectivity index (χ4v) is 3.79. The molecule has 174 valence electrons. The number of halogens is 2. The van der Waals surface area contributed by atoms with Crippen LogP contribution in [0.2, 0.25) is 0 Å². The summed E-state index contributed by atoms with van der Waals surface area (Å²) in [5, 5.41) is 16.5. The molecule has 0 aliphatic rings. The Bertz CT molecular complexity index is 903. The number of carbonyl (C=O) groups is 2. The van der Waals surface area contributed by atoms with Crippen LogP contribution in [-0.2, 0) is 29.0 Å². The van der Waals surface area contributed by atoms with Gasteiger partial charge in [0.25, 0.3) is 0 Å². The van der Waals surface area contributed by atoms with Gasteiger partial charge in [-0.05, 0) is 41.7 Å². The maximum atomic E-state index is 13.7. The van der Waals surface area contributed by atoms with Gasteiger partial charge in [-0.15, -0.1) is 0 Å². The molecule has 0 saturated heterocycles. The Morgan fingerprint density at radius 2 is 1.72 bits per heavy atom. The van der Waals surface area contributed by atoms with Gasteiger partial charge in [0.15, 0.2) is 0 Å². The minimum absolute atomic E-state index is 0.0204. The summed E-state index contributed by atoms with van der Waals surface area (Å²) in [7, 11) is 1.43. The van der Waals surface area contributed by atoms with Gasteiger partial charge in [-0.1, -0.05) is 31.2 Å². The highest BCUT2D eigenvalue weighted by Crippen LogP contribution is 2.25. The number of aliphatic hydroxyl groups is 1.